The molecule has 0 heterocycles. The van der Waals surface area contributed by atoms with Crippen LogP contribution in [0.3, 0.4) is 0 Å². The second-order valence-electron chi connectivity index (χ2n) is 15.4. The maximum absolute atomic E-state index is 9.56. The first-order valence-electron chi connectivity index (χ1n) is 15.0. The molecule has 36 heavy (non-hydrogen) atoms. The zero-order chi connectivity index (χ0) is 25.7. The van der Waals surface area contributed by atoms with Crippen molar-refractivity contribution < 1.29 is 10.0 Å². The summed E-state index contributed by atoms with van der Waals surface area (Å²) in [7, 11) is -1.40. The van der Waals surface area contributed by atoms with E-state index in [-0.39, 0.29) is 5.41 Å². The predicted octanol–water partition coefficient (Wildman–Crippen LogP) is 7.24. The Morgan fingerprint density at radius 2 is 1.44 bits per heavy atom. The molecule has 0 bridgehead atoms. The van der Waals surface area contributed by atoms with Gasteiger partial charge in [-0.25, -0.2) is 0 Å². The van der Waals surface area contributed by atoms with Crippen molar-refractivity contribution >= 4 is 18.2 Å². The lowest BCUT2D eigenvalue weighted by Gasteiger charge is -2.72. The third-order valence-corrected chi connectivity index (χ3v) is 13.9. The Kier molecular flexibility index (Phi) is 5.59. The zero-order valence-corrected chi connectivity index (χ0v) is 23.7. The molecule has 196 valence electrons. The predicted molar refractivity (Wildman–Crippen MR) is 151 cm³/mol. The van der Waals surface area contributed by atoms with Crippen molar-refractivity contribution in [3.8, 4) is 0 Å². The summed E-state index contributed by atoms with van der Waals surface area (Å²) >= 11 is 0. The van der Waals surface area contributed by atoms with Crippen molar-refractivity contribution in [2.24, 2.45) is 50.7 Å². The molecule has 6 unspecified atom stereocenters. The lowest BCUT2D eigenvalue weighted by Crippen LogP contribution is -2.64. The summed E-state index contributed by atoms with van der Waals surface area (Å²) in [6, 6.07) is 7.96. The van der Waals surface area contributed by atoms with Gasteiger partial charge < -0.3 is 10.0 Å². The van der Waals surface area contributed by atoms with Gasteiger partial charge in [0.1, 0.15) is 0 Å². The Labute approximate surface area is 220 Å². The van der Waals surface area contributed by atoms with Crippen molar-refractivity contribution in [1.29, 1.82) is 0 Å². The third kappa shape index (κ3) is 3.17. The average molecular weight is 489 g/mol. The molecule has 2 N–H and O–H groups in total. The van der Waals surface area contributed by atoms with Crippen LogP contribution in [0.15, 0.2) is 30.3 Å². The van der Waals surface area contributed by atoms with Crippen LogP contribution in [-0.4, -0.2) is 17.2 Å². The molecule has 8 atom stereocenters. The topological polar surface area (TPSA) is 40.5 Å². The van der Waals surface area contributed by atoms with Gasteiger partial charge in [0, 0.05) is 0 Å². The first kappa shape index (κ1) is 25.2. The summed E-state index contributed by atoms with van der Waals surface area (Å²) in [4.78, 5) is 0. The molecule has 0 saturated heterocycles. The van der Waals surface area contributed by atoms with Crippen molar-refractivity contribution in [3.05, 3.63) is 35.9 Å². The van der Waals surface area contributed by atoms with E-state index in [2.05, 4.69) is 59.8 Å². The van der Waals surface area contributed by atoms with Crippen LogP contribution in [-0.2, 0) is 0 Å². The number of allylic oxidation sites excluding steroid dienone is 2. The summed E-state index contributed by atoms with van der Waals surface area (Å²) in [5.41, 5.74) is 5.32. The Balaban J connectivity index is 1.35. The first-order chi connectivity index (χ1) is 16.9. The van der Waals surface area contributed by atoms with Gasteiger partial charge in [-0.1, -0.05) is 78.3 Å². The Morgan fingerprint density at radius 1 is 0.722 bits per heavy atom. The second kappa shape index (κ2) is 7.98. The van der Waals surface area contributed by atoms with Crippen LogP contribution in [0.4, 0.5) is 0 Å². The lowest BCUT2D eigenvalue weighted by atomic mass is 9.33. The fraction of sp³-hybridized carbons (Fsp3) is 0.758. The lowest BCUT2D eigenvalue weighted by molar-refractivity contribution is -0.221. The Hall–Kier alpha value is -1.06. The normalized spacial score (nSPS) is 47.2. The van der Waals surface area contributed by atoms with E-state index < -0.39 is 7.12 Å². The van der Waals surface area contributed by atoms with Crippen molar-refractivity contribution in [2.45, 2.75) is 106 Å². The van der Waals surface area contributed by atoms with Gasteiger partial charge in [0.2, 0.25) is 0 Å². The molecule has 0 amide bonds. The number of fused-ring (bicyclic) bond motifs is 7. The number of hydrogen-bond acceptors (Lipinski definition) is 2. The van der Waals surface area contributed by atoms with Crippen LogP contribution >= 0.6 is 0 Å². The van der Waals surface area contributed by atoms with Gasteiger partial charge in [0.25, 0.3) is 0 Å². The monoisotopic (exact) mass is 488 g/mol. The smallest absolute Gasteiger partial charge is 0.423 e. The number of rotatable bonds is 2. The van der Waals surface area contributed by atoms with Gasteiger partial charge in [-0.05, 0) is 125 Å². The molecule has 6 rings (SSSR count). The van der Waals surface area contributed by atoms with Gasteiger partial charge in [0.15, 0.2) is 0 Å². The molecule has 1 aromatic rings. The van der Waals surface area contributed by atoms with Crippen LogP contribution < -0.4 is 5.46 Å². The molecule has 2 nitrogen and oxygen atoms in total. The van der Waals surface area contributed by atoms with E-state index in [9.17, 15) is 10.0 Å². The highest BCUT2D eigenvalue weighted by Gasteiger charge is 2.68. The highest BCUT2D eigenvalue weighted by atomic mass is 16.4. The van der Waals surface area contributed by atoms with Crippen molar-refractivity contribution in [1.82, 2.24) is 0 Å². The quantitative estimate of drug-likeness (QED) is 0.431. The molecule has 0 radical (unpaired) electrons. The van der Waals surface area contributed by atoms with Gasteiger partial charge in [-0.3, -0.25) is 0 Å². The van der Waals surface area contributed by atoms with Crippen LogP contribution in [0, 0.1) is 50.7 Å². The van der Waals surface area contributed by atoms with E-state index in [1.54, 1.807) is 0 Å². The number of benzene rings is 1. The molecule has 0 aromatic heterocycles. The Bertz CT molecular complexity index is 1060. The fourth-order valence-corrected chi connectivity index (χ4v) is 11.8. The van der Waals surface area contributed by atoms with Crippen LogP contribution in [0.25, 0.3) is 5.57 Å². The highest BCUT2D eigenvalue weighted by molar-refractivity contribution is 6.58. The summed E-state index contributed by atoms with van der Waals surface area (Å²) in [5.74, 6) is 3.39. The SMILES string of the molecule is CC1(C)C(c2ccc(B(O)O)cc2)=CCC2(C)C1CCC1(C)C2CCC2[C@H]3CCCC3(C)CC[C@]21C. The van der Waals surface area contributed by atoms with Crippen molar-refractivity contribution in [3.63, 3.8) is 0 Å². The van der Waals surface area contributed by atoms with E-state index in [0.717, 1.165) is 17.8 Å². The summed E-state index contributed by atoms with van der Waals surface area (Å²) < 4.78 is 0. The zero-order valence-electron chi connectivity index (χ0n) is 23.7. The van der Waals surface area contributed by atoms with Gasteiger partial charge in [0.05, 0.1) is 0 Å². The molecule has 0 aliphatic heterocycles. The minimum absolute atomic E-state index is 0.113. The average Bonchev–Trinajstić information content (AvgIpc) is 3.21. The largest absolute Gasteiger partial charge is 0.488 e. The fourth-order valence-electron chi connectivity index (χ4n) is 11.8. The molecule has 4 fully saturated rings. The second-order valence-corrected chi connectivity index (χ2v) is 15.4. The van der Waals surface area contributed by atoms with Crippen molar-refractivity contribution in [2.75, 3.05) is 0 Å². The van der Waals surface area contributed by atoms with Crippen LogP contribution in [0.2, 0.25) is 0 Å². The van der Waals surface area contributed by atoms with Gasteiger partial charge in [-0.2, -0.15) is 0 Å². The Morgan fingerprint density at radius 3 is 2.14 bits per heavy atom. The van der Waals surface area contributed by atoms with Gasteiger partial charge >= 0.3 is 7.12 Å². The molecule has 5 aliphatic carbocycles. The molecular formula is C33H49BO2. The molecule has 0 spiro atoms. The number of hydrogen-bond donors (Lipinski definition) is 2. The van der Waals surface area contributed by atoms with E-state index in [4.69, 9.17) is 0 Å². The molecule has 5 aliphatic rings. The van der Waals surface area contributed by atoms with E-state index in [0.29, 0.717) is 33.0 Å². The summed E-state index contributed by atoms with van der Waals surface area (Å²) in [6.45, 7) is 15.8. The van der Waals surface area contributed by atoms with Crippen LogP contribution in [0.1, 0.15) is 111 Å². The molecule has 4 saturated carbocycles. The van der Waals surface area contributed by atoms with Crippen LogP contribution in [0.5, 0.6) is 0 Å². The maximum Gasteiger partial charge on any atom is 0.488 e. The highest BCUT2D eigenvalue weighted by Crippen LogP contribution is 2.76. The van der Waals surface area contributed by atoms with E-state index >= 15 is 0 Å². The summed E-state index contributed by atoms with van der Waals surface area (Å²) in [6.07, 6.45) is 16.7. The molecular weight excluding hydrogens is 439 g/mol. The first-order valence-corrected chi connectivity index (χ1v) is 15.0. The van der Waals surface area contributed by atoms with Gasteiger partial charge in [-0.15, -0.1) is 0 Å². The maximum atomic E-state index is 9.56. The van der Waals surface area contributed by atoms with E-state index in [1.807, 2.05) is 12.1 Å². The minimum Gasteiger partial charge on any atom is -0.423 e. The van der Waals surface area contributed by atoms with E-state index in [1.165, 1.54) is 75.3 Å². The minimum atomic E-state index is -1.40. The summed E-state index contributed by atoms with van der Waals surface area (Å²) in [5, 5.41) is 19.1. The molecule has 3 heteroatoms. The standard InChI is InChI=1S/C33H49BO2/c1-29(2)24(22-9-11-23(12-10-22)34(35)36)15-18-31(4)27(29)16-19-33(6)28(31)14-13-26-25-8-7-17-30(25,3)20-21-32(26,33)5/h9-12,15,25-28,35-36H,7-8,13-14,16-21H2,1-6H3/t25-,26?,27?,28?,30?,31?,32-,33?/m1/s1. The molecule has 1 aromatic carbocycles. The third-order valence-electron chi connectivity index (χ3n) is 13.9.